The van der Waals surface area contributed by atoms with Crippen LogP contribution in [0.2, 0.25) is 0 Å². The molecule has 0 bridgehead atoms. The lowest BCUT2D eigenvalue weighted by Gasteiger charge is -2.20. The molecule has 2 N–H and O–H groups in total. The minimum Gasteiger partial charge on any atom is -0.477 e. The van der Waals surface area contributed by atoms with E-state index >= 15 is 0 Å². The average Bonchev–Trinajstić information content (AvgIpc) is 2.84. The van der Waals surface area contributed by atoms with E-state index in [1.165, 1.54) is 12.1 Å². The number of hydrogen-bond donors (Lipinski definition) is 2. The van der Waals surface area contributed by atoms with E-state index in [1.807, 2.05) is 7.05 Å². The Balaban J connectivity index is 2.51. The Morgan fingerprint density at radius 1 is 1.45 bits per heavy atom. The third-order valence-corrected chi connectivity index (χ3v) is 5.94. The fourth-order valence-corrected chi connectivity index (χ4v) is 3.71. The van der Waals surface area contributed by atoms with Crippen molar-refractivity contribution in [3.63, 3.8) is 0 Å². The summed E-state index contributed by atoms with van der Waals surface area (Å²) in [4.78, 5) is 12.9. The lowest BCUT2D eigenvalue weighted by atomic mass is 10.3. The van der Waals surface area contributed by atoms with Crippen LogP contribution < -0.4 is 4.72 Å². The number of thiophene rings is 1. The molecular formula is C12H20N2O4S2. The molecule has 0 aliphatic carbocycles. The molecule has 0 fully saturated rings. The number of nitrogens with zero attached hydrogens (tertiary/aromatic N) is 1. The predicted molar refractivity (Wildman–Crippen MR) is 78.8 cm³/mol. The smallest absolute Gasteiger partial charge is 0.345 e. The molecular weight excluding hydrogens is 300 g/mol. The highest BCUT2D eigenvalue weighted by atomic mass is 32.2. The van der Waals surface area contributed by atoms with E-state index < -0.39 is 16.0 Å². The van der Waals surface area contributed by atoms with Crippen molar-refractivity contribution < 1.29 is 18.3 Å². The van der Waals surface area contributed by atoms with Gasteiger partial charge in [-0.25, -0.2) is 17.9 Å². The number of sulfonamides is 1. The van der Waals surface area contributed by atoms with Crippen LogP contribution in [0, 0.1) is 0 Å². The fraction of sp³-hybridized carbons (Fsp3) is 0.583. The summed E-state index contributed by atoms with van der Waals surface area (Å²) >= 11 is 0.757. The summed E-state index contributed by atoms with van der Waals surface area (Å²) in [5, 5.41) is 8.78. The molecule has 0 aromatic carbocycles. The molecule has 114 valence electrons. The molecule has 0 amide bonds. The second kappa shape index (κ2) is 7.16. The molecule has 0 saturated heterocycles. The minimum atomic E-state index is -3.60. The van der Waals surface area contributed by atoms with Crippen LogP contribution in [-0.2, 0) is 10.0 Å². The van der Waals surface area contributed by atoms with E-state index in [2.05, 4.69) is 23.5 Å². The highest BCUT2D eigenvalue weighted by Crippen LogP contribution is 2.21. The molecule has 20 heavy (non-hydrogen) atoms. The van der Waals surface area contributed by atoms with Gasteiger partial charge in [-0.05, 0) is 46.0 Å². The summed E-state index contributed by atoms with van der Waals surface area (Å²) < 4.78 is 26.4. The average molecular weight is 320 g/mol. The van der Waals surface area contributed by atoms with Crippen LogP contribution in [0.5, 0.6) is 0 Å². The zero-order chi connectivity index (χ0) is 15.3. The highest BCUT2D eigenvalue weighted by molar-refractivity contribution is 7.91. The first-order valence-corrected chi connectivity index (χ1v) is 8.57. The van der Waals surface area contributed by atoms with E-state index in [1.54, 1.807) is 0 Å². The van der Waals surface area contributed by atoms with Crippen LogP contribution in [0.1, 0.15) is 29.9 Å². The summed E-state index contributed by atoms with van der Waals surface area (Å²) in [7, 11) is -1.62. The Morgan fingerprint density at radius 3 is 2.60 bits per heavy atom. The number of aromatic carboxylic acids is 1. The molecule has 0 atom stereocenters. The van der Waals surface area contributed by atoms with E-state index in [0.29, 0.717) is 19.0 Å². The van der Waals surface area contributed by atoms with Gasteiger partial charge in [-0.2, -0.15) is 0 Å². The lowest BCUT2D eigenvalue weighted by molar-refractivity contribution is 0.0702. The predicted octanol–water partition coefficient (Wildman–Crippen LogP) is 1.45. The monoisotopic (exact) mass is 320 g/mol. The number of hydrogen-bond acceptors (Lipinski definition) is 5. The first-order chi connectivity index (χ1) is 9.24. The molecule has 6 nitrogen and oxygen atoms in total. The van der Waals surface area contributed by atoms with Crippen molar-refractivity contribution in [3.05, 3.63) is 17.0 Å². The maximum atomic E-state index is 11.9. The molecule has 0 aliphatic heterocycles. The highest BCUT2D eigenvalue weighted by Gasteiger charge is 2.18. The van der Waals surface area contributed by atoms with Crippen LogP contribution in [0.3, 0.4) is 0 Å². The van der Waals surface area contributed by atoms with Gasteiger partial charge in [-0.15, -0.1) is 11.3 Å². The van der Waals surface area contributed by atoms with Gasteiger partial charge in [-0.1, -0.05) is 0 Å². The molecule has 0 spiro atoms. The van der Waals surface area contributed by atoms with Crippen molar-refractivity contribution >= 4 is 27.3 Å². The summed E-state index contributed by atoms with van der Waals surface area (Å²) in [6.07, 6.45) is 0.699. The topological polar surface area (TPSA) is 86.7 Å². The van der Waals surface area contributed by atoms with Crippen LogP contribution in [-0.4, -0.2) is 50.6 Å². The van der Waals surface area contributed by atoms with Gasteiger partial charge in [0.15, 0.2) is 0 Å². The molecule has 1 rings (SSSR count). The van der Waals surface area contributed by atoms with E-state index in [4.69, 9.17) is 5.11 Å². The number of rotatable bonds is 8. The van der Waals surface area contributed by atoms with Crippen molar-refractivity contribution in [2.45, 2.75) is 30.5 Å². The van der Waals surface area contributed by atoms with E-state index in [0.717, 1.165) is 17.9 Å². The Labute approximate surface area is 123 Å². The van der Waals surface area contributed by atoms with Gasteiger partial charge in [0.1, 0.15) is 9.09 Å². The molecule has 0 unspecified atom stereocenters. The maximum absolute atomic E-state index is 11.9. The Bertz CT molecular complexity index is 552. The summed E-state index contributed by atoms with van der Waals surface area (Å²) in [5.74, 6) is -1.12. The summed E-state index contributed by atoms with van der Waals surface area (Å²) in [5.41, 5.74) is 0. The molecule has 1 heterocycles. The van der Waals surface area contributed by atoms with Gasteiger partial charge in [0.2, 0.25) is 10.0 Å². The van der Waals surface area contributed by atoms with E-state index in [9.17, 15) is 13.2 Å². The van der Waals surface area contributed by atoms with Gasteiger partial charge in [-0.3, -0.25) is 0 Å². The van der Waals surface area contributed by atoms with Crippen molar-refractivity contribution in [2.75, 3.05) is 20.1 Å². The molecule has 0 saturated carbocycles. The molecule has 1 aromatic heterocycles. The second-order valence-electron chi connectivity index (χ2n) is 4.75. The van der Waals surface area contributed by atoms with E-state index in [-0.39, 0.29) is 9.09 Å². The Morgan fingerprint density at radius 2 is 2.10 bits per heavy atom. The van der Waals surface area contributed by atoms with Gasteiger partial charge in [0.05, 0.1) is 0 Å². The van der Waals surface area contributed by atoms with Crippen LogP contribution in [0.15, 0.2) is 16.3 Å². The number of carboxylic acids is 1. The van der Waals surface area contributed by atoms with Crippen LogP contribution in [0.4, 0.5) is 0 Å². The van der Waals surface area contributed by atoms with Crippen molar-refractivity contribution in [1.82, 2.24) is 9.62 Å². The standard InChI is InChI=1S/C12H20N2O4S2/c1-9(2)14(3)8-4-7-13-20(17,18)11-6-5-10(19-11)12(15)16/h5-6,9,13H,4,7-8H2,1-3H3,(H,15,16). The number of carboxylic acid groups (broad SMARTS) is 1. The van der Waals surface area contributed by atoms with Gasteiger partial charge >= 0.3 is 5.97 Å². The Kier molecular flexibility index (Phi) is 6.12. The van der Waals surface area contributed by atoms with Gasteiger partial charge < -0.3 is 10.0 Å². The summed E-state index contributed by atoms with van der Waals surface area (Å²) in [6, 6.07) is 3.03. The van der Waals surface area contributed by atoms with Crippen molar-refractivity contribution in [1.29, 1.82) is 0 Å². The molecule has 1 aromatic rings. The summed E-state index contributed by atoms with van der Waals surface area (Å²) in [6.45, 7) is 5.28. The largest absolute Gasteiger partial charge is 0.477 e. The quantitative estimate of drug-likeness (QED) is 0.708. The lowest BCUT2D eigenvalue weighted by Crippen LogP contribution is -2.31. The third kappa shape index (κ3) is 4.86. The second-order valence-corrected chi connectivity index (χ2v) is 7.83. The zero-order valence-electron chi connectivity index (χ0n) is 11.8. The zero-order valence-corrected chi connectivity index (χ0v) is 13.4. The normalized spacial score (nSPS) is 12.2. The first kappa shape index (κ1) is 17.1. The number of carbonyl (C=O) groups is 1. The Hall–Kier alpha value is -0.960. The molecule has 8 heteroatoms. The number of nitrogens with one attached hydrogen (secondary N) is 1. The maximum Gasteiger partial charge on any atom is 0.345 e. The van der Waals surface area contributed by atoms with Crippen molar-refractivity contribution in [3.8, 4) is 0 Å². The van der Waals surface area contributed by atoms with Gasteiger partial charge in [0.25, 0.3) is 0 Å². The minimum absolute atomic E-state index is 0.0184. The fourth-order valence-electron chi connectivity index (χ4n) is 1.44. The first-order valence-electron chi connectivity index (χ1n) is 6.27. The van der Waals surface area contributed by atoms with Crippen LogP contribution in [0.25, 0.3) is 0 Å². The van der Waals surface area contributed by atoms with Crippen LogP contribution >= 0.6 is 11.3 Å². The molecule has 0 aliphatic rings. The SMILES string of the molecule is CC(C)N(C)CCCNS(=O)(=O)c1ccc(C(=O)O)s1. The molecule has 0 radical (unpaired) electrons. The van der Waals surface area contributed by atoms with Crippen molar-refractivity contribution in [2.24, 2.45) is 0 Å². The van der Waals surface area contributed by atoms with Gasteiger partial charge in [0, 0.05) is 12.6 Å². The third-order valence-electron chi connectivity index (χ3n) is 2.92.